The average Bonchev–Trinajstić information content (AvgIpc) is 2.07. The lowest BCUT2D eigenvalue weighted by Crippen LogP contribution is -2.42. The summed E-state index contributed by atoms with van der Waals surface area (Å²) >= 11 is 0. The molecule has 3 nitrogen and oxygen atoms in total. The minimum Gasteiger partial charge on any atom is -0.478 e. The number of rotatable bonds is 8. The van der Waals surface area contributed by atoms with Gasteiger partial charge >= 0.3 is 5.97 Å². The monoisotopic (exact) mass is 274 g/mol. The highest BCUT2D eigenvalue weighted by molar-refractivity contribution is 6.84. The summed E-state index contributed by atoms with van der Waals surface area (Å²) < 4.78 is 6.22. The van der Waals surface area contributed by atoms with Gasteiger partial charge in [0.1, 0.15) is 0 Å². The predicted octanol–water partition coefficient (Wildman–Crippen LogP) is 3.85. The van der Waals surface area contributed by atoms with Gasteiger partial charge in [-0.1, -0.05) is 13.0 Å². The van der Waals surface area contributed by atoms with Crippen molar-refractivity contribution in [1.82, 2.24) is 0 Å². The van der Waals surface area contributed by atoms with Crippen LogP contribution in [0.2, 0.25) is 38.8 Å². The van der Waals surface area contributed by atoms with Gasteiger partial charge < -0.3 is 9.22 Å². The Morgan fingerprint density at radius 1 is 1.18 bits per heavy atom. The number of carboxylic acids is 1. The summed E-state index contributed by atoms with van der Waals surface area (Å²) in [6.07, 6.45) is 2.53. The standard InChI is InChI=1S/C12H26O3Si2/c1-11(12(13)14)9-7-8-10-17(5,6)15-16(2,3)4/h1,7-10H2,2-6H3,(H,13,14). The third kappa shape index (κ3) is 9.32. The highest BCUT2D eigenvalue weighted by atomic mass is 28.4. The van der Waals surface area contributed by atoms with Crippen molar-refractivity contribution in [3.05, 3.63) is 12.2 Å². The molecule has 0 fully saturated rings. The van der Waals surface area contributed by atoms with E-state index < -0.39 is 22.6 Å². The number of carbonyl (C=O) groups is 1. The molecule has 0 radical (unpaired) electrons. The van der Waals surface area contributed by atoms with Crippen LogP contribution >= 0.6 is 0 Å². The lowest BCUT2D eigenvalue weighted by atomic mass is 10.1. The molecule has 0 aromatic heterocycles. The van der Waals surface area contributed by atoms with Crippen LogP contribution in [0.3, 0.4) is 0 Å². The number of hydrogen-bond donors (Lipinski definition) is 1. The van der Waals surface area contributed by atoms with Crippen LogP contribution in [0, 0.1) is 0 Å². The SMILES string of the molecule is C=C(CCCC[Si](C)(C)O[Si](C)(C)C)C(=O)O. The van der Waals surface area contributed by atoms with Crippen molar-refractivity contribution < 1.29 is 14.0 Å². The van der Waals surface area contributed by atoms with Gasteiger partial charge in [0, 0.05) is 5.57 Å². The van der Waals surface area contributed by atoms with Gasteiger partial charge in [-0.05, 0) is 51.6 Å². The Kier molecular flexibility index (Phi) is 6.36. The van der Waals surface area contributed by atoms with Gasteiger partial charge in [-0.25, -0.2) is 4.79 Å². The third-order valence-electron chi connectivity index (χ3n) is 2.39. The van der Waals surface area contributed by atoms with Crippen LogP contribution in [-0.4, -0.2) is 27.7 Å². The van der Waals surface area contributed by atoms with E-state index in [1.165, 1.54) is 0 Å². The van der Waals surface area contributed by atoms with Gasteiger partial charge in [0.15, 0.2) is 16.6 Å². The van der Waals surface area contributed by atoms with Crippen LogP contribution in [0.25, 0.3) is 0 Å². The molecule has 0 unspecified atom stereocenters. The summed E-state index contributed by atoms with van der Waals surface area (Å²) in [4.78, 5) is 10.6. The molecule has 0 aromatic carbocycles. The van der Waals surface area contributed by atoms with Gasteiger partial charge in [0.2, 0.25) is 0 Å². The molecule has 0 heterocycles. The van der Waals surface area contributed by atoms with Gasteiger partial charge in [-0.2, -0.15) is 0 Å². The molecule has 17 heavy (non-hydrogen) atoms. The van der Waals surface area contributed by atoms with E-state index in [1.54, 1.807) is 0 Å². The molecule has 100 valence electrons. The van der Waals surface area contributed by atoms with Gasteiger partial charge in [0.05, 0.1) is 0 Å². The fourth-order valence-electron chi connectivity index (χ4n) is 1.88. The van der Waals surface area contributed by atoms with Crippen LogP contribution < -0.4 is 0 Å². The summed E-state index contributed by atoms with van der Waals surface area (Å²) in [5.74, 6) is -0.875. The van der Waals surface area contributed by atoms with E-state index in [4.69, 9.17) is 9.22 Å². The number of unbranched alkanes of at least 4 members (excludes halogenated alkanes) is 1. The Hall–Kier alpha value is -0.396. The first-order chi connectivity index (χ1) is 7.53. The fraction of sp³-hybridized carbons (Fsp3) is 0.750. The molecule has 0 bridgehead atoms. The maximum Gasteiger partial charge on any atom is 0.330 e. The van der Waals surface area contributed by atoms with E-state index in [-0.39, 0.29) is 0 Å². The molecular weight excluding hydrogens is 248 g/mol. The fourth-order valence-corrected chi connectivity index (χ4v) is 10.0. The normalized spacial score (nSPS) is 12.5. The Morgan fingerprint density at radius 3 is 2.12 bits per heavy atom. The lowest BCUT2D eigenvalue weighted by Gasteiger charge is -2.31. The van der Waals surface area contributed by atoms with Crippen molar-refractivity contribution in [2.75, 3.05) is 0 Å². The van der Waals surface area contributed by atoms with Crippen molar-refractivity contribution in [3.8, 4) is 0 Å². The highest BCUT2D eigenvalue weighted by Gasteiger charge is 2.28. The second kappa shape index (κ2) is 6.51. The van der Waals surface area contributed by atoms with Crippen LogP contribution in [0.15, 0.2) is 12.2 Å². The Labute approximate surface area is 107 Å². The first-order valence-electron chi connectivity index (χ1n) is 6.15. The van der Waals surface area contributed by atoms with Crippen LogP contribution in [0.4, 0.5) is 0 Å². The molecule has 0 aliphatic carbocycles. The molecule has 5 heteroatoms. The first-order valence-corrected chi connectivity index (χ1v) is 12.7. The van der Waals surface area contributed by atoms with E-state index in [2.05, 4.69) is 39.3 Å². The molecule has 0 spiro atoms. The maximum absolute atomic E-state index is 10.6. The van der Waals surface area contributed by atoms with Crippen molar-refractivity contribution in [3.63, 3.8) is 0 Å². The van der Waals surface area contributed by atoms with E-state index >= 15 is 0 Å². The molecular formula is C12H26O3Si2. The third-order valence-corrected chi connectivity index (χ3v) is 8.61. The van der Waals surface area contributed by atoms with Crippen LogP contribution in [0.5, 0.6) is 0 Å². The number of carboxylic acid groups (broad SMARTS) is 1. The summed E-state index contributed by atoms with van der Waals surface area (Å²) in [5, 5.41) is 8.68. The highest BCUT2D eigenvalue weighted by Crippen LogP contribution is 2.21. The van der Waals surface area contributed by atoms with E-state index in [1.807, 2.05) is 0 Å². The Balaban J connectivity index is 3.88. The lowest BCUT2D eigenvalue weighted by molar-refractivity contribution is -0.132. The zero-order valence-electron chi connectivity index (χ0n) is 11.8. The van der Waals surface area contributed by atoms with Crippen LogP contribution in [-0.2, 0) is 8.91 Å². The van der Waals surface area contributed by atoms with Crippen molar-refractivity contribution >= 4 is 22.6 Å². The number of aliphatic carboxylic acids is 1. The molecule has 0 atom stereocenters. The minimum atomic E-state index is -1.55. The minimum absolute atomic E-state index is 0.315. The molecule has 1 N–H and O–H groups in total. The molecule has 0 amide bonds. The van der Waals surface area contributed by atoms with Crippen molar-refractivity contribution in [2.24, 2.45) is 0 Å². The maximum atomic E-state index is 10.6. The molecule has 0 saturated heterocycles. The van der Waals surface area contributed by atoms with E-state index in [9.17, 15) is 4.79 Å². The zero-order valence-corrected chi connectivity index (χ0v) is 13.8. The van der Waals surface area contributed by atoms with E-state index in [0.717, 1.165) is 18.9 Å². The second-order valence-electron chi connectivity index (χ2n) is 6.09. The quantitative estimate of drug-likeness (QED) is 0.415. The zero-order chi connectivity index (χ0) is 13.7. The Morgan fingerprint density at radius 2 is 1.71 bits per heavy atom. The largest absolute Gasteiger partial charge is 0.478 e. The summed E-state index contributed by atoms with van der Waals surface area (Å²) in [7, 11) is -3.00. The predicted molar refractivity (Wildman–Crippen MR) is 77.3 cm³/mol. The van der Waals surface area contributed by atoms with Gasteiger partial charge in [-0.3, -0.25) is 0 Å². The topological polar surface area (TPSA) is 46.5 Å². The molecule has 0 aromatic rings. The van der Waals surface area contributed by atoms with Crippen molar-refractivity contribution in [1.29, 1.82) is 0 Å². The Bertz CT molecular complexity index is 280. The number of hydrogen-bond acceptors (Lipinski definition) is 2. The smallest absolute Gasteiger partial charge is 0.330 e. The first kappa shape index (κ1) is 16.6. The molecule has 0 rings (SSSR count). The van der Waals surface area contributed by atoms with Crippen molar-refractivity contribution in [2.45, 2.75) is 58.0 Å². The van der Waals surface area contributed by atoms with Gasteiger partial charge in [0.25, 0.3) is 0 Å². The average molecular weight is 275 g/mol. The van der Waals surface area contributed by atoms with E-state index in [0.29, 0.717) is 12.0 Å². The molecule has 0 saturated carbocycles. The molecule has 0 aliphatic rings. The summed E-state index contributed by atoms with van der Waals surface area (Å²) in [6, 6.07) is 1.10. The summed E-state index contributed by atoms with van der Waals surface area (Å²) in [6.45, 7) is 14.7. The second-order valence-corrected chi connectivity index (χ2v) is 15.2. The van der Waals surface area contributed by atoms with Gasteiger partial charge in [-0.15, -0.1) is 0 Å². The van der Waals surface area contributed by atoms with Crippen LogP contribution in [0.1, 0.15) is 19.3 Å². The summed E-state index contributed by atoms with van der Waals surface area (Å²) in [5.41, 5.74) is 0.315. The molecule has 0 aliphatic heterocycles.